The van der Waals surface area contributed by atoms with E-state index in [0.717, 1.165) is 23.9 Å². The van der Waals surface area contributed by atoms with Gasteiger partial charge in [-0.15, -0.1) is 0 Å². The summed E-state index contributed by atoms with van der Waals surface area (Å²) in [6.45, 7) is 7.70. The van der Waals surface area contributed by atoms with Crippen molar-refractivity contribution in [3.05, 3.63) is 42.2 Å². The number of aryl methyl sites for hydroxylation is 1. The quantitative estimate of drug-likeness (QED) is 0.926. The summed E-state index contributed by atoms with van der Waals surface area (Å²) >= 11 is 0. The van der Waals surface area contributed by atoms with Gasteiger partial charge in [0.15, 0.2) is 0 Å². The van der Waals surface area contributed by atoms with Crippen molar-refractivity contribution >= 4 is 17.3 Å². The average molecular weight is 282 g/mol. The first kappa shape index (κ1) is 13.9. The number of anilines is 3. The Balaban J connectivity index is 1.83. The molecule has 4 nitrogen and oxygen atoms in total. The largest absolute Gasteiger partial charge is 0.351 e. The number of aromatic nitrogens is 2. The molecule has 0 spiro atoms. The van der Waals surface area contributed by atoms with E-state index >= 15 is 0 Å². The predicted octanol–water partition coefficient (Wildman–Crippen LogP) is 3.91. The highest BCUT2D eigenvalue weighted by Crippen LogP contribution is 2.33. The Morgan fingerprint density at radius 1 is 1.19 bits per heavy atom. The molecule has 1 N–H and O–H groups in total. The summed E-state index contributed by atoms with van der Waals surface area (Å²) in [6, 6.07) is 10.3. The van der Waals surface area contributed by atoms with Gasteiger partial charge in [0.25, 0.3) is 0 Å². The maximum absolute atomic E-state index is 4.45. The zero-order valence-corrected chi connectivity index (χ0v) is 12.9. The summed E-state index contributed by atoms with van der Waals surface area (Å²) in [5.74, 6) is 1.84. The normalized spacial score (nSPS) is 17.0. The third kappa shape index (κ3) is 2.99. The van der Waals surface area contributed by atoms with Crippen molar-refractivity contribution in [3.8, 4) is 0 Å². The molecule has 0 amide bonds. The van der Waals surface area contributed by atoms with Gasteiger partial charge in [-0.3, -0.25) is 0 Å². The highest BCUT2D eigenvalue weighted by Gasteiger charge is 2.32. The first-order valence-electron chi connectivity index (χ1n) is 7.48. The molecule has 1 aliphatic rings. The molecule has 0 unspecified atom stereocenters. The van der Waals surface area contributed by atoms with Crippen LogP contribution in [0.3, 0.4) is 0 Å². The van der Waals surface area contributed by atoms with Crippen LogP contribution in [0.15, 0.2) is 36.7 Å². The lowest BCUT2D eigenvalue weighted by Gasteiger charge is -2.32. The van der Waals surface area contributed by atoms with E-state index in [4.69, 9.17) is 0 Å². The van der Waals surface area contributed by atoms with Crippen molar-refractivity contribution in [1.29, 1.82) is 0 Å². The Labute approximate surface area is 126 Å². The van der Waals surface area contributed by atoms with Crippen LogP contribution in [0.25, 0.3) is 0 Å². The minimum atomic E-state index is 0.176. The van der Waals surface area contributed by atoms with Crippen LogP contribution in [0.5, 0.6) is 0 Å². The molecule has 1 aromatic heterocycles. The molecule has 21 heavy (non-hydrogen) atoms. The van der Waals surface area contributed by atoms with Crippen molar-refractivity contribution in [3.63, 3.8) is 0 Å². The number of hydrogen-bond donors (Lipinski definition) is 1. The summed E-state index contributed by atoms with van der Waals surface area (Å²) in [4.78, 5) is 11.2. The number of hydrogen-bond acceptors (Lipinski definition) is 4. The van der Waals surface area contributed by atoms with Crippen LogP contribution in [0.1, 0.15) is 32.3 Å². The first-order valence-corrected chi connectivity index (χ1v) is 7.48. The van der Waals surface area contributed by atoms with E-state index in [2.05, 4.69) is 59.2 Å². The van der Waals surface area contributed by atoms with Crippen LogP contribution in [0.2, 0.25) is 0 Å². The predicted molar refractivity (Wildman–Crippen MR) is 87.2 cm³/mol. The van der Waals surface area contributed by atoms with E-state index in [1.165, 1.54) is 18.4 Å². The van der Waals surface area contributed by atoms with Crippen LogP contribution in [0, 0.1) is 6.92 Å². The van der Waals surface area contributed by atoms with Gasteiger partial charge in [0, 0.05) is 23.8 Å². The van der Waals surface area contributed by atoms with E-state index in [-0.39, 0.29) is 5.54 Å². The molecular weight excluding hydrogens is 260 g/mol. The van der Waals surface area contributed by atoms with Crippen LogP contribution < -0.4 is 10.2 Å². The van der Waals surface area contributed by atoms with Crippen molar-refractivity contribution < 1.29 is 0 Å². The Morgan fingerprint density at radius 2 is 2.05 bits per heavy atom. The zero-order chi connectivity index (χ0) is 14.9. The lowest BCUT2D eigenvalue weighted by Crippen LogP contribution is -2.38. The fourth-order valence-corrected chi connectivity index (χ4v) is 2.97. The van der Waals surface area contributed by atoms with Crippen molar-refractivity contribution in [2.24, 2.45) is 0 Å². The van der Waals surface area contributed by atoms with Gasteiger partial charge in [-0.05, 0) is 51.3 Å². The molecule has 110 valence electrons. The second-order valence-corrected chi connectivity index (χ2v) is 6.32. The lowest BCUT2D eigenvalue weighted by molar-refractivity contribution is 0.514. The molecule has 1 saturated heterocycles. The SMILES string of the molecule is Cc1cccc(Nc2cc(N3CCCC3(C)C)ncn2)c1. The summed E-state index contributed by atoms with van der Waals surface area (Å²) in [7, 11) is 0. The number of nitrogens with zero attached hydrogens (tertiary/aromatic N) is 3. The van der Waals surface area contributed by atoms with Crippen molar-refractivity contribution in [1.82, 2.24) is 9.97 Å². The van der Waals surface area contributed by atoms with Crippen LogP contribution in [0.4, 0.5) is 17.3 Å². The summed E-state index contributed by atoms with van der Waals surface area (Å²) in [5.41, 5.74) is 2.46. The van der Waals surface area contributed by atoms with E-state index in [0.29, 0.717) is 0 Å². The molecule has 0 atom stereocenters. The van der Waals surface area contributed by atoms with Crippen molar-refractivity contribution in [2.75, 3.05) is 16.8 Å². The third-order valence-electron chi connectivity index (χ3n) is 4.12. The van der Waals surface area contributed by atoms with Gasteiger partial charge in [0.2, 0.25) is 0 Å². The smallest absolute Gasteiger partial charge is 0.135 e. The van der Waals surface area contributed by atoms with Crippen LogP contribution in [-0.2, 0) is 0 Å². The summed E-state index contributed by atoms with van der Waals surface area (Å²) in [6.07, 6.45) is 4.07. The Morgan fingerprint density at radius 3 is 2.76 bits per heavy atom. The number of rotatable bonds is 3. The molecule has 0 radical (unpaired) electrons. The van der Waals surface area contributed by atoms with Gasteiger partial charge in [0.1, 0.15) is 18.0 Å². The zero-order valence-electron chi connectivity index (χ0n) is 12.9. The number of nitrogens with one attached hydrogen (secondary N) is 1. The lowest BCUT2D eigenvalue weighted by atomic mass is 10.0. The van der Waals surface area contributed by atoms with Gasteiger partial charge in [0.05, 0.1) is 0 Å². The molecule has 1 aliphatic heterocycles. The molecule has 0 aliphatic carbocycles. The molecule has 2 heterocycles. The minimum absolute atomic E-state index is 0.176. The Hall–Kier alpha value is -2.10. The molecular formula is C17H22N4. The van der Waals surface area contributed by atoms with Crippen LogP contribution in [-0.4, -0.2) is 22.1 Å². The Kier molecular flexibility index (Phi) is 3.53. The molecule has 1 aromatic carbocycles. The monoisotopic (exact) mass is 282 g/mol. The van der Waals surface area contributed by atoms with E-state index in [1.54, 1.807) is 6.33 Å². The second-order valence-electron chi connectivity index (χ2n) is 6.32. The van der Waals surface area contributed by atoms with Gasteiger partial charge in [-0.25, -0.2) is 9.97 Å². The average Bonchev–Trinajstić information content (AvgIpc) is 2.79. The second kappa shape index (κ2) is 5.35. The highest BCUT2D eigenvalue weighted by molar-refractivity contribution is 5.60. The van der Waals surface area contributed by atoms with Gasteiger partial charge < -0.3 is 10.2 Å². The number of benzene rings is 1. The highest BCUT2D eigenvalue weighted by atomic mass is 15.3. The first-order chi connectivity index (χ1) is 10.0. The summed E-state index contributed by atoms with van der Waals surface area (Å²) in [5, 5.41) is 3.36. The maximum Gasteiger partial charge on any atom is 0.135 e. The fourth-order valence-electron chi connectivity index (χ4n) is 2.97. The van der Waals surface area contributed by atoms with Gasteiger partial charge in [-0.1, -0.05) is 12.1 Å². The molecule has 4 heteroatoms. The fraction of sp³-hybridized carbons (Fsp3) is 0.412. The van der Waals surface area contributed by atoms with Crippen molar-refractivity contribution in [2.45, 2.75) is 39.2 Å². The topological polar surface area (TPSA) is 41.0 Å². The van der Waals surface area contributed by atoms with E-state index in [1.807, 2.05) is 12.1 Å². The van der Waals surface area contributed by atoms with E-state index < -0.39 is 0 Å². The molecule has 1 fully saturated rings. The minimum Gasteiger partial charge on any atom is -0.351 e. The standard InChI is InChI=1S/C17H22N4/c1-13-6-4-7-14(10-13)20-15-11-16(19-12-18-15)21-9-5-8-17(21,2)3/h4,6-7,10-12H,5,8-9H2,1-3H3,(H,18,19,20). The molecule has 0 bridgehead atoms. The third-order valence-corrected chi connectivity index (χ3v) is 4.12. The van der Waals surface area contributed by atoms with Gasteiger partial charge >= 0.3 is 0 Å². The Bertz CT molecular complexity index is 636. The van der Waals surface area contributed by atoms with E-state index in [9.17, 15) is 0 Å². The van der Waals surface area contributed by atoms with Crippen LogP contribution >= 0.6 is 0 Å². The van der Waals surface area contributed by atoms with Gasteiger partial charge in [-0.2, -0.15) is 0 Å². The molecule has 2 aromatic rings. The maximum atomic E-state index is 4.45. The molecule has 0 saturated carbocycles. The molecule has 3 rings (SSSR count). The summed E-state index contributed by atoms with van der Waals surface area (Å²) < 4.78 is 0.